The number of fused-ring (bicyclic) bond motifs is 1. The van der Waals surface area contributed by atoms with Gasteiger partial charge in [0.1, 0.15) is 0 Å². The summed E-state index contributed by atoms with van der Waals surface area (Å²) >= 11 is 0. The molecule has 0 unspecified atom stereocenters. The number of ether oxygens (including phenoxy) is 2. The Bertz CT molecular complexity index is 1050. The first kappa shape index (κ1) is 24.2. The second kappa shape index (κ2) is 9.37. The second-order valence-electron chi connectivity index (χ2n) is 9.12. The van der Waals surface area contributed by atoms with Crippen molar-refractivity contribution in [1.82, 2.24) is 10.2 Å². The van der Waals surface area contributed by atoms with Crippen molar-refractivity contribution in [2.75, 3.05) is 33.1 Å². The van der Waals surface area contributed by atoms with Gasteiger partial charge in [0.25, 0.3) is 0 Å². The number of hydrogen-bond donors (Lipinski definition) is 2. The number of alkyl halides is 3. The van der Waals surface area contributed by atoms with Gasteiger partial charge in [-0.3, -0.25) is 0 Å². The van der Waals surface area contributed by atoms with Gasteiger partial charge in [-0.2, -0.15) is 13.2 Å². The predicted octanol–water partition coefficient (Wildman–Crippen LogP) is 5.04. The largest absolute Gasteiger partial charge is 0.493 e. The predicted molar refractivity (Wildman–Crippen MR) is 123 cm³/mol. The molecule has 3 atom stereocenters. The van der Waals surface area contributed by atoms with Crippen LogP contribution < -0.4 is 20.1 Å². The molecule has 1 saturated heterocycles. The van der Waals surface area contributed by atoms with Gasteiger partial charge in [0, 0.05) is 23.2 Å². The molecule has 1 aliphatic carbocycles. The van der Waals surface area contributed by atoms with Gasteiger partial charge in [-0.05, 0) is 75.2 Å². The lowest BCUT2D eigenvalue weighted by Gasteiger charge is -2.45. The van der Waals surface area contributed by atoms with Gasteiger partial charge >= 0.3 is 12.2 Å². The minimum Gasteiger partial charge on any atom is -0.493 e. The molecule has 2 amide bonds. The van der Waals surface area contributed by atoms with Crippen molar-refractivity contribution in [3.8, 4) is 11.5 Å². The third kappa shape index (κ3) is 4.66. The van der Waals surface area contributed by atoms with E-state index in [9.17, 15) is 18.0 Å². The van der Waals surface area contributed by atoms with Crippen molar-refractivity contribution in [1.29, 1.82) is 0 Å². The smallest absolute Gasteiger partial charge is 0.416 e. The minimum absolute atomic E-state index is 0.0516. The van der Waals surface area contributed by atoms with Crippen molar-refractivity contribution in [2.45, 2.75) is 49.4 Å². The molecule has 1 saturated carbocycles. The molecule has 4 rings (SSSR count). The summed E-state index contributed by atoms with van der Waals surface area (Å²) in [6.45, 7) is 0.947. The Labute approximate surface area is 197 Å². The molecule has 2 aliphatic rings. The van der Waals surface area contributed by atoms with Crippen LogP contribution in [0.2, 0.25) is 0 Å². The van der Waals surface area contributed by atoms with Crippen LogP contribution in [0.3, 0.4) is 0 Å². The molecule has 2 aromatic rings. The normalized spacial score (nSPS) is 24.9. The van der Waals surface area contributed by atoms with Crippen LogP contribution >= 0.6 is 0 Å². The maximum atomic E-state index is 13.0. The Balaban J connectivity index is 1.46. The summed E-state index contributed by atoms with van der Waals surface area (Å²) in [7, 11) is 5.34. The lowest BCUT2D eigenvalue weighted by Crippen LogP contribution is -2.52. The summed E-state index contributed by atoms with van der Waals surface area (Å²) in [5, 5.41) is 5.51. The quantitative estimate of drug-likeness (QED) is 0.634. The number of nitrogens with zero attached hydrogens (tertiary/aromatic N) is 1. The summed E-state index contributed by atoms with van der Waals surface area (Å²) in [5.41, 5.74) is 0.465. The van der Waals surface area contributed by atoms with Gasteiger partial charge in [0.15, 0.2) is 11.5 Å². The zero-order valence-electron chi connectivity index (χ0n) is 19.5. The third-order valence-corrected chi connectivity index (χ3v) is 7.27. The molecule has 2 N–H and O–H groups in total. The van der Waals surface area contributed by atoms with E-state index in [2.05, 4.69) is 34.7 Å². The highest BCUT2D eigenvalue weighted by Crippen LogP contribution is 2.49. The lowest BCUT2D eigenvalue weighted by atomic mass is 9.65. The fourth-order valence-electron chi connectivity index (χ4n) is 5.52. The van der Waals surface area contributed by atoms with Gasteiger partial charge < -0.3 is 25.0 Å². The summed E-state index contributed by atoms with van der Waals surface area (Å²) < 4.78 is 49.8. The standard InChI is InChI=1S/C25H30F3N3O3/c1-31-12-11-24(16-7-8-20(33-2)21(14-16)34-3)10-9-19(15-22(24)31)30-23(32)29-18-6-4-5-17(13-18)25(26,27)28/h4-8,13-14,19,22H,9-12,15H2,1-3H3,(H2,29,30,32)/t19-,22+,24-/m0/s1. The average Bonchev–Trinajstić information content (AvgIpc) is 3.15. The Morgan fingerprint density at radius 3 is 2.56 bits per heavy atom. The Kier molecular flexibility index (Phi) is 6.66. The van der Waals surface area contributed by atoms with E-state index >= 15 is 0 Å². The van der Waals surface area contributed by atoms with Crippen LogP contribution in [0, 0.1) is 0 Å². The molecule has 2 fully saturated rings. The number of halogens is 3. The number of urea groups is 1. The molecule has 1 heterocycles. The number of likely N-dealkylation sites (N-methyl/N-ethyl adjacent to an activating group) is 1. The van der Waals surface area contributed by atoms with Crippen LogP contribution in [0.25, 0.3) is 0 Å². The van der Waals surface area contributed by atoms with E-state index < -0.39 is 17.8 Å². The summed E-state index contributed by atoms with van der Waals surface area (Å²) in [5.74, 6) is 1.38. The molecule has 184 valence electrons. The van der Waals surface area contributed by atoms with Crippen molar-refractivity contribution >= 4 is 11.7 Å². The average molecular weight is 478 g/mol. The summed E-state index contributed by atoms with van der Waals surface area (Å²) in [4.78, 5) is 14.9. The van der Waals surface area contributed by atoms with Gasteiger partial charge in [0.2, 0.25) is 0 Å². The fraction of sp³-hybridized carbons (Fsp3) is 0.480. The molecule has 6 nitrogen and oxygen atoms in total. The minimum atomic E-state index is -4.46. The molecule has 2 aromatic carbocycles. The van der Waals surface area contributed by atoms with E-state index in [4.69, 9.17) is 9.47 Å². The van der Waals surface area contributed by atoms with Gasteiger partial charge in [-0.1, -0.05) is 12.1 Å². The molecule has 9 heteroatoms. The highest BCUT2D eigenvalue weighted by atomic mass is 19.4. The third-order valence-electron chi connectivity index (χ3n) is 7.27. The number of rotatable bonds is 5. The van der Waals surface area contributed by atoms with E-state index in [1.807, 2.05) is 6.07 Å². The van der Waals surface area contributed by atoms with Gasteiger partial charge in [0.05, 0.1) is 19.8 Å². The van der Waals surface area contributed by atoms with E-state index in [1.54, 1.807) is 14.2 Å². The van der Waals surface area contributed by atoms with Crippen LogP contribution in [0.1, 0.15) is 36.8 Å². The first-order chi connectivity index (χ1) is 16.2. The monoisotopic (exact) mass is 477 g/mol. The molecule has 34 heavy (non-hydrogen) atoms. The number of hydrogen-bond acceptors (Lipinski definition) is 4. The van der Waals surface area contributed by atoms with Crippen LogP contribution in [0.15, 0.2) is 42.5 Å². The number of carbonyl (C=O) groups is 1. The zero-order valence-corrected chi connectivity index (χ0v) is 19.5. The van der Waals surface area contributed by atoms with Crippen molar-refractivity contribution in [3.05, 3.63) is 53.6 Å². The van der Waals surface area contributed by atoms with Crippen LogP contribution in [-0.4, -0.2) is 50.8 Å². The summed E-state index contributed by atoms with van der Waals surface area (Å²) in [6.07, 6.45) is -1.05. The van der Waals surface area contributed by atoms with E-state index in [-0.39, 0.29) is 23.2 Å². The van der Waals surface area contributed by atoms with Crippen LogP contribution in [0.5, 0.6) is 11.5 Å². The maximum absolute atomic E-state index is 13.0. The maximum Gasteiger partial charge on any atom is 0.416 e. The fourth-order valence-corrected chi connectivity index (χ4v) is 5.52. The van der Waals surface area contributed by atoms with Gasteiger partial charge in [-0.15, -0.1) is 0 Å². The van der Waals surface area contributed by atoms with Crippen molar-refractivity contribution in [2.24, 2.45) is 0 Å². The molecule has 1 aliphatic heterocycles. The highest BCUT2D eigenvalue weighted by Gasteiger charge is 2.50. The number of nitrogens with one attached hydrogen (secondary N) is 2. The first-order valence-electron chi connectivity index (χ1n) is 11.3. The van der Waals surface area contributed by atoms with Gasteiger partial charge in [-0.25, -0.2) is 4.79 Å². The molecular formula is C25H30F3N3O3. The zero-order chi connectivity index (χ0) is 24.5. The van der Waals surface area contributed by atoms with Crippen LogP contribution in [0.4, 0.5) is 23.7 Å². The van der Waals surface area contributed by atoms with E-state index in [1.165, 1.54) is 17.7 Å². The molecule has 0 spiro atoms. The number of likely N-dealkylation sites (tertiary alicyclic amines) is 1. The van der Waals surface area contributed by atoms with E-state index in [0.29, 0.717) is 11.5 Å². The van der Waals surface area contributed by atoms with E-state index in [0.717, 1.165) is 44.4 Å². The van der Waals surface area contributed by atoms with Crippen molar-refractivity contribution < 1.29 is 27.4 Å². The lowest BCUT2D eigenvalue weighted by molar-refractivity contribution is -0.137. The summed E-state index contributed by atoms with van der Waals surface area (Å²) in [6, 6.07) is 10.4. The Morgan fingerprint density at radius 2 is 1.85 bits per heavy atom. The first-order valence-corrected chi connectivity index (χ1v) is 11.3. The topological polar surface area (TPSA) is 62.8 Å². The number of anilines is 1. The second-order valence-corrected chi connectivity index (χ2v) is 9.12. The number of methoxy groups -OCH3 is 2. The number of benzene rings is 2. The highest BCUT2D eigenvalue weighted by molar-refractivity contribution is 5.89. The molecular weight excluding hydrogens is 447 g/mol. The number of amides is 2. The molecule has 0 bridgehead atoms. The SMILES string of the molecule is COc1ccc([C@@]23CC[C@H](NC(=O)Nc4cccc(C(F)(F)F)c4)C[C@H]2N(C)CC3)cc1OC. The molecule has 0 radical (unpaired) electrons. The van der Waals surface area contributed by atoms with Crippen molar-refractivity contribution in [3.63, 3.8) is 0 Å². The Hall–Kier alpha value is -2.94. The Morgan fingerprint density at radius 1 is 1.09 bits per heavy atom. The molecule has 0 aromatic heterocycles. The number of carbonyl (C=O) groups excluding carboxylic acids is 1. The van der Waals surface area contributed by atoms with Crippen LogP contribution in [-0.2, 0) is 11.6 Å².